The molecule has 0 spiro atoms. The monoisotopic (exact) mass is 267 g/mol. The van der Waals surface area contributed by atoms with Crippen molar-refractivity contribution < 1.29 is 9.18 Å². The molecule has 4 nitrogen and oxygen atoms in total. The summed E-state index contributed by atoms with van der Waals surface area (Å²) in [5, 5.41) is 5.83. The number of amides is 1. The zero-order valence-corrected chi connectivity index (χ0v) is 11.7. The van der Waals surface area contributed by atoms with E-state index < -0.39 is 6.04 Å². The van der Waals surface area contributed by atoms with Crippen LogP contribution in [0.15, 0.2) is 18.2 Å². The molecule has 0 fully saturated rings. The number of halogens is 1. The average molecular weight is 267 g/mol. The Balaban J connectivity index is 2.84. The Morgan fingerprint density at radius 2 is 2.05 bits per heavy atom. The van der Waals surface area contributed by atoms with Crippen molar-refractivity contribution in [2.45, 2.75) is 45.7 Å². The summed E-state index contributed by atoms with van der Waals surface area (Å²) in [5.41, 5.74) is 6.86. The first-order chi connectivity index (χ1) is 8.93. The Bertz CT molecular complexity index is 435. The summed E-state index contributed by atoms with van der Waals surface area (Å²) in [6.07, 6.45) is 1.47. The normalized spacial score (nSPS) is 12.3. The zero-order chi connectivity index (χ0) is 14.4. The lowest BCUT2D eigenvalue weighted by molar-refractivity contribution is -0.117. The van der Waals surface area contributed by atoms with Crippen LogP contribution in [0.2, 0.25) is 0 Å². The number of anilines is 2. The van der Waals surface area contributed by atoms with Gasteiger partial charge in [0.25, 0.3) is 0 Å². The van der Waals surface area contributed by atoms with Crippen LogP contribution >= 0.6 is 0 Å². The summed E-state index contributed by atoms with van der Waals surface area (Å²) in [4.78, 5) is 11.9. The van der Waals surface area contributed by atoms with E-state index >= 15 is 0 Å². The maximum Gasteiger partial charge on any atom is 0.241 e. The molecular formula is C14H22FN3O. The Morgan fingerprint density at radius 3 is 2.63 bits per heavy atom. The van der Waals surface area contributed by atoms with Gasteiger partial charge in [-0.1, -0.05) is 13.3 Å². The Hall–Kier alpha value is -1.62. The van der Waals surface area contributed by atoms with E-state index in [0.29, 0.717) is 17.8 Å². The Morgan fingerprint density at radius 1 is 1.37 bits per heavy atom. The van der Waals surface area contributed by atoms with Gasteiger partial charge in [-0.3, -0.25) is 4.79 Å². The smallest absolute Gasteiger partial charge is 0.241 e. The second-order valence-electron chi connectivity index (χ2n) is 4.87. The minimum atomic E-state index is -0.540. The van der Waals surface area contributed by atoms with E-state index in [2.05, 4.69) is 10.6 Å². The Kier molecular flexibility index (Phi) is 5.76. The number of hydrogen-bond acceptors (Lipinski definition) is 3. The fourth-order valence-corrected chi connectivity index (χ4v) is 1.72. The molecule has 1 unspecified atom stereocenters. The molecule has 4 N–H and O–H groups in total. The number of hydrogen-bond donors (Lipinski definition) is 3. The largest absolute Gasteiger partial charge is 0.381 e. The lowest BCUT2D eigenvalue weighted by atomic mass is 10.1. The van der Waals surface area contributed by atoms with Gasteiger partial charge in [-0.05, 0) is 38.5 Å². The van der Waals surface area contributed by atoms with Gasteiger partial charge >= 0.3 is 0 Å². The summed E-state index contributed by atoms with van der Waals surface area (Å²) in [6.45, 7) is 5.86. The second-order valence-corrected chi connectivity index (χ2v) is 4.87. The van der Waals surface area contributed by atoms with Crippen LogP contribution in [0.3, 0.4) is 0 Å². The zero-order valence-electron chi connectivity index (χ0n) is 11.7. The van der Waals surface area contributed by atoms with Crippen LogP contribution in [0, 0.1) is 5.82 Å². The highest BCUT2D eigenvalue weighted by Gasteiger charge is 2.14. The van der Waals surface area contributed by atoms with Gasteiger partial charge in [-0.15, -0.1) is 0 Å². The van der Waals surface area contributed by atoms with Gasteiger partial charge in [0, 0.05) is 6.04 Å². The van der Waals surface area contributed by atoms with Gasteiger partial charge in [0.2, 0.25) is 5.91 Å². The van der Waals surface area contributed by atoms with E-state index in [4.69, 9.17) is 5.73 Å². The minimum absolute atomic E-state index is 0.141. The highest BCUT2D eigenvalue weighted by Crippen LogP contribution is 2.23. The quantitative estimate of drug-likeness (QED) is 0.742. The van der Waals surface area contributed by atoms with Crippen molar-refractivity contribution in [1.29, 1.82) is 0 Å². The maximum absolute atomic E-state index is 13.2. The van der Waals surface area contributed by atoms with Crippen molar-refractivity contribution in [3.05, 3.63) is 24.0 Å². The molecule has 1 atom stereocenters. The van der Waals surface area contributed by atoms with Crippen LogP contribution in [0.25, 0.3) is 0 Å². The molecule has 0 aromatic heterocycles. The van der Waals surface area contributed by atoms with Crippen molar-refractivity contribution in [3.63, 3.8) is 0 Å². The van der Waals surface area contributed by atoms with Gasteiger partial charge in [0.05, 0.1) is 17.4 Å². The minimum Gasteiger partial charge on any atom is -0.381 e. The molecular weight excluding hydrogens is 245 g/mol. The van der Waals surface area contributed by atoms with Crippen LogP contribution < -0.4 is 16.4 Å². The van der Waals surface area contributed by atoms with Crippen LogP contribution in [-0.2, 0) is 4.79 Å². The van der Waals surface area contributed by atoms with Crippen LogP contribution in [-0.4, -0.2) is 18.0 Å². The summed E-state index contributed by atoms with van der Waals surface area (Å²) >= 11 is 0. The summed E-state index contributed by atoms with van der Waals surface area (Å²) < 4.78 is 13.2. The molecule has 0 aliphatic carbocycles. The van der Waals surface area contributed by atoms with Crippen molar-refractivity contribution in [3.8, 4) is 0 Å². The van der Waals surface area contributed by atoms with E-state index in [1.807, 2.05) is 20.8 Å². The third-order valence-electron chi connectivity index (χ3n) is 2.62. The van der Waals surface area contributed by atoms with Crippen molar-refractivity contribution in [2.75, 3.05) is 10.6 Å². The second kappa shape index (κ2) is 7.09. The van der Waals surface area contributed by atoms with Crippen molar-refractivity contribution in [2.24, 2.45) is 5.73 Å². The van der Waals surface area contributed by atoms with Gasteiger partial charge in [0.15, 0.2) is 0 Å². The third kappa shape index (κ3) is 4.87. The summed E-state index contributed by atoms with van der Waals surface area (Å²) in [5.74, 6) is -0.598. The van der Waals surface area contributed by atoms with Gasteiger partial charge in [-0.2, -0.15) is 0 Å². The maximum atomic E-state index is 13.2. The molecule has 5 heteroatoms. The van der Waals surface area contributed by atoms with Crippen LogP contribution in [0.1, 0.15) is 33.6 Å². The molecule has 0 saturated heterocycles. The SMILES string of the molecule is CCCC(N)C(=O)Nc1ccc(F)cc1NC(C)C. The lowest BCUT2D eigenvalue weighted by Crippen LogP contribution is -2.35. The van der Waals surface area contributed by atoms with Crippen LogP contribution in [0.4, 0.5) is 15.8 Å². The number of rotatable bonds is 6. The van der Waals surface area contributed by atoms with Gasteiger partial charge in [-0.25, -0.2) is 4.39 Å². The predicted molar refractivity (Wildman–Crippen MR) is 76.7 cm³/mol. The molecule has 19 heavy (non-hydrogen) atoms. The van der Waals surface area contributed by atoms with Crippen LogP contribution in [0.5, 0.6) is 0 Å². The predicted octanol–water partition coefficient (Wildman–Crippen LogP) is 2.71. The summed E-state index contributed by atoms with van der Waals surface area (Å²) in [6, 6.07) is 3.81. The Labute approximate surface area is 113 Å². The molecule has 0 radical (unpaired) electrons. The fraction of sp³-hybridized carbons (Fsp3) is 0.500. The fourth-order valence-electron chi connectivity index (χ4n) is 1.72. The topological polar surface area (TPSA) is 67.2 Å². The van der Waals surface area contributed by atoms with E-state index in [9.17, 15) is 9.18 Å². The first-order valence-electron chi connectivity index (χ1n) is 6.56. The van der Waals surface area contributed by atoms with Crippen molar-refractivity contribution in [1.82, 2.24) is 0 Å². The van der Waals surface area contributed by atoms with E-state index in [1.165, 1.54) is 18.2 Å². The number of carbonyl (C=O) groups excluding carboxylic acids is 1. The molecule has 0 aliphatic heterocycles. The third-order valence-corrected chi connectivity index (χ3v) is 2.62. The number of carbonyl (C=O) groups is 1. The van der Waals surface area contributed by atoms with E-state index in [-0.39, 0.29) is 17.8 Å². The van der Waals surface area contributed by atoms with E-state index in [1.54, 1.807) is 0 Å². The highest BCUT2D eigenvalue weighted by atomic mass is 19.1. The first-order valence-corrected chi connectivity index (χ1v) is 6.56. The number of benzene rings is 1. The van der Waals surface area contributed by atoms with E-state index in [0.717, 1.165) is 6.42 Å². The van der Waals surface area contributed by atoms with Gasteiger partial charge in [0.1, 0.15) is 5.82 Å². The summed E-state index contributed by atoms with van der Waals surface area (Å²) in [7, 11) is 0. The molecule has 106 valence electrons. The standard InChI is InChI=1S/C14H22FN3O/c1-4-5-11(16)14(19)18-12-7-6-10(15)8-13(12)17-9(2)3/h6-9,11,17H,4-5,16H2,1-3H3,(H,18,19). The highest BCUT2D eigenvalue weighted by molar-refractivity contribution is 5.97. The number of nitrogens with one attached hydrogen (secondary N) is 2. The molecule has 0 bridgehead atoms. The molecule has 1 amide bonds. The molecule has 0 saturated carbocycles. The van der Waals surface area contributed by atoms with Crippen molar-refractivity contribution >= 4 is 17.3 Å². The molecule has 1 aromatic rings. The average Bonchev–Trinajstić information content (AvgIpc) is 2.32. The lowest BCUT2D eigenvalue weighted by Gasteiger charge is -2.17. The molecule has 1 rings (SSSR count). The first kappa shape index (κ1) is 15.4. The number of nitrogens with two attached hydrogens (primary N) is 1. The molecule has 1 aromatic carbocycles. The molecule has 0 heterocycles. The van der Waals surface area contributed by atoms with Gasteiger partial charge < -0.3 is 16.4 Å². The molecule has 0 aliphatic rings.